The van der Waals surface area contributed by atoms with E-state index in [1.54, 1.807) is 12.1 Å². The van der Waals surface area contributed by atoms with E-state index in [2.05, 4.69) is 5.32 Å². The van der Waals surface area contributed by atoms with Gasteiger partial charge in [0.15, 0.2) is 0 Å². The molecule has 0 unspecified atom stereocenters. The first kappa shape index (κ1) is 19.1. The predicted octanol–water partition coefficient (Wildman–Crippen LogP) is 2.55. The molecule has 3 N–H and O–H groups in total. The van der Waals surface area contributed by atoms with Gasteiger partial charge in [-0.15, -0.1) is 0 Å². The topological polar surface area (TPSA) is 72.8 Å². The molecule has 0 aliphatic carbocycles. The fraction of sp³-hybridized carbons (Fsp3) is 0.409. The summed E-state index contributed by atoms with van der Waals surface area (Å²) in [6.45, 7) is 1.07. The molecule has 4 rings (SSSR count). The van der Waals surface area contributed by atoms with Crippen LogP contribution in [0.2, 0.25) is 0 Å². The summed E-state index contributed by atoms with van der Waals surface area (Å²) in [7, 11) is 0. The van der Waals surface area contributed by atoms with Crippen LogP contribution in [0.25, 0.3) is 0 Å². The predicted molar refractivity (Wildman–Crippen MR) is 104 cm³/mol. The van der Waals surface area contributed by atoms with Crippen LogP contribution in [0.5, 0.6) is 0 Å². The van der Waals surface area contributed by atoms with Gasteiger partial charge in [-0.1, -0.05) is 24.3 Å². The minimum atomic E-state index is -1.05. The minimum Gasteiger partial charge on any atom is -0.385 e. The number of hydrogen-bond acceptors (Lipinski definition) is 4. The maximum absolute atomic E-state index is 13.5. The fourth-order valence-electron chi connectivity index (χ4n) is 4.16. The number of benzene rings is 2. The smallest absolute Gasteiger partial charge is 0.224 e. The Balaban J connectivity index is 1.38. The lowest BCUT2D eigenvalue weighted by molar-refractivity contribution is -0.116. The summed E-state index contributed by atoms with van der Waals surface area (Å²) in [6.07, 6.45) is 1.94. The molecule has 1 amide bonds. The monoisotopic (exact) mass is 384 g/mol. The summed E-state index contributed by atoms with van der Waals surface area (Å²) in [5, 5.41) is 24.4. The van der Waals surface area contributed by atoms with Crippen molar-refractivity contribution in [3.63, 3.8) is 0 Å². The van der Waals surface area contributed by atoms with E-state index in [1.807, 2.05) is 23.1 Å². The molecular formula is C22H25FN2O3. The molecule has 0 spiro atoms. The second kappa shape index (κ2) is 7.62. The lowest BCUT2D eigenvalue weighted by atomic mass is 9.84. The van der Waals surface area contributed by atoms with Crippen molar-refractivity contribution in [3.05, 3.63) is 65.0 Å². The third-order valence-corrected chi connectivity index (χ3v) is 5.89. The minimum absolute atomic E-state index is 0.0411. The van der Waals surface area contributed by atoms with Crippen molar-refractivity contribution in [1.29, 1.82) is 0 Å². The lowest BCUT2D eigenvalue weighted by Gasteiger charge is -2.40. The average Bonchev–Trinajstić information content (AvgIpc) is 2.68. The first-order valence-corrected chi connectivity index (χ1v) is 9.75. The van der Waals surface area contributed by atoms with Gasteiger partial charge in [-0.2, -0.15) is 0 Å². The standard InChI is InChI=1S/C22H25FN2O3/c23-18-3-1-2-17(14-18)22(28)8-10-25(11-9-22)21(27)13-15-4-6-19-16(12-15)5-7-20(26)24-19/h1-4,6,12,14,21,27-28H,5,7-11,13H2,(H,24,26)/t21-/m0/s1. The number of aliphatic hydroxyl groups excluding tert-OH is 1. The van der Waals surface area contributed by atoms with Gasteiger partial charge in [-0.3, -0.25) is 9.69 Å². The first-order chi connectivity index (χ1) is 13.4. The van der Waals surface area contributed by atoms with E-state index >= 15 is 0 Å². The number of halogens is 1. The summed E-state index contributed by atoms with van der Waals surface area (Å²) >= 11 is 0. The lowest BCUT2D eigenvalue weighted by Crippen LogP contribution is -2.47. The van der Waals surface area contributed by atoms with Gasteiger partial charge in [-0.25, -0.2) is 4.39 Å². The number of rotatable bonds is 4. The fourth-order valence-corrected chi connectivity index (χ4v) is 4.16. The molecule has 0 bridgehead atoms. The first-order valence-electron chi connectivity index (χ1n) is 9.75. The number of fused-ring (bicyclic) bond motifs is 1. The summed E-state index contributed by atoms with van der Waals surface area (Å²) in [5.41, 5.74) is 2.52. The summed E-state index contributed by atoms with van der Waals surface area (Å²) in [6, 6.07) is 12.0. The van der Waals surface area contributed by atoms with E-state index < -0.39 is 11.8 Å². The van der Waals surface area contributed by atoms with Crippen LogP contribution in [0, 0.1) is 5.82 Å². The maximum Gasteiger partial charge on any atom is 0.224 e. The molecule has 5 nitrogen and oxygen atoms in total. The molecule has 28 heavy (non-hydrogen) atoms. The van der Waals surface area contributed by atoms with Crippen LogP contribution in [0.3, 0.4) is 0 Å². The van der Waals surface area contributed by atoms with Gasteiger partial charge in [0.25, 0.3) is 0 Å². The molecule has 0 aromatic heterocycles. The number of nitrogens with zero attached hydrogens (tertiary/aromatic N) is 1. The number of anilines is 1. The molecular weight excluding hydrogens is 359 g/mol. The highest BCUT2D eigenvalue weighted by Crippen LogP contribution is 2.34. The van der Waals surface area contributed by atoms with Crippen molar-refractivity contribution in [2.75, 3.05) is 18.4 Å². The molecule has 1 fully saturated rings. The number of piperidine rings is 1. The van der Waals surface area contributed by atoms with Crippen molar-refractivity contribution in [1.82, 2.24) is 4.90 Å². The van der Waals surface area contributed by atoms with Crippen molar-refractivity contribution >= 4 is 11.6 Å². The maximum atomic E-state index is 13.5. The number of likely N-dealkylation sites (tertiary alicyclic amines) is 1. The largest absolute Gasteiger partial charge is 0.385 e. The van der Waals surface area contributed by atoms with Gasteiger partial charge < -0.3 is 15.5 Å². The second-order valence-electron chi connectivity index (χ2n) is 7.80. The number of carbonyl (C=O) groups is 1. The third-order valence-electron chi connectivity index (χ3n) is 5.89. The van der Waals surface area contributed by atoms with Crippen LogP contribution in [-0.2, 0) is 23.2 Å². The Morgan fingerprint density at radius 3 is 2.68 bits per heavy atom. The van der Waals surface area contributed by atoms with E-state index in [0.717, 1.165) is 23.2 Å². The Morgan fingerprint density at radius 1 is 1.14 bits per heavy atom. The van der Waals surface area contributed by atoms with Crippen molar-refractivity contribution in [3.8, 4) is 0 Å². The zero-order valence-electron chi connectivity index (χ0n) is 15.7. The molecule has 0 radical (unpaired) electrons. The average molecular weight is 384 g/mol. The molecule has 6 heteroatoms. The summed E-state index contributed by atoms with van der Waals surface area (Å²) in [4.78, 5) is 13.4. The molecule has 2 aromatic carbocycles. The van der Waals surface area contributed by atoms with Gasteiger partial charge in [-0.05, 0) is 54.2 Å². The highest BCUT2D eigenvalue weighted by atomic mass is 19.1. The number of hydrogen-bond donors (Lipinski definition) is 3. The zero-order valence-corrected chi connectivity index (χ0v) is 15.7. The van der Waals surface area contributed by atoms with E-state index in [0.29, 0.717) is 44.3 Å². The highest BCUT2D eigenvalue weighted by Gasteiger charge is 2.36. The molecule has 2 aromatic rings. The molecule has 2 aliphatic heterocycles. The Labute approximate surface area is 163 Å². The molecule has 2 aliphatic rings. The van der Waals surface area contributed by atoms with Gasteiger partial charge in [0.1, 0.15) is 12.0 Å². The number of carbonyl (C=O) groups excluding carboxylic acids is 1. The van der Waals surface area contributed by atoms with Gasteiger partial charge >= 0.3 is 0 Å². The Morgan fingerprint density at radius 2 is 1.93 bits per heavy atom. The number of aryl methyl sites for hydroxylation is 1. The van der Waals surface area contributed by atoms with Crippen LogP contribution in [0.15, 0.2) is 42.5 Å². The summed E-state index contributed by atoms with van der Waals surface area (Å²) in [5.74, 6) is -0.309. The van der Waals surface area contributed by atoms with Crippen molar-refractivity contribution in [2.24, 2.45) is 0 Å². The van der Waals surface area contributed by atoms with Crippen molar-refractivity contribution in [2.45, 2.75) is 43.9 Å². The van der Waals surface area contributed by atoms with Crippen LogP contribution in [0.4, 0.5) is 10.1 Å². The van der Waals surface area contributed by atoms with Gasteiger partial charge in [0.2, 0.25) is 5.91 Å². The van der Waals surface area contributed by atoms with Gasteiger partial charge in [0, 0.05) is 31.6 Å². The Bertz CT molecular complexity index is 878. The van der Waals surface area contributed by atoms with Crippen LogP contribution >= 0.6 is 0 Å². The second-order valence-corrected chi connectivity index (χ2v) is 7.80. The van der Waals surface area contributed by atoms with E-state index in [-0.39, 0.29) is 11.7 Å². The number of aliphatic hydroxyl groups is 2. The highest BCUT2D eigenvalue weighted by molar-refractivity contribution is 5.93. The quantitative estimate of drug-likeness (QED) is 0.758. The number of amides is 1. The van der Waals surface area contributed by atoms with E-state index in [9.17, 15) is 19.4 Å². The normalized spacial score (nSPS) is 20.3. The molecule has 2 heterocycles. The molecule has 1 atom stereocenters. The van der Waals surface area contributed by atoms with Crippen LogP contribution in [0.1, 0.15) is 36.0 Å². The zero-order chi connectivity index (χ0) is 19.7. The Hall–Kier alpha value is -2.28. The van der Waals surface area contributed by atoms with Crippen LogP contribution < -0.4 is 5.32 Å². The molecule has 148 valence electrons. The number of nitrogens with one attached hydrogen (secondary N) is 1. The molecule has 0 saturated carbocycles. The Kier molecular flexibility index (Phi) is 5.19. The van der Waals surface area contributed by atoms with Crippen molar-refractivity contribution < 1.29 is 19.4 Å². The van der Waals surface area contributed by atoms with Gasteiger partial charge in [0.05, 0.1) is 5.60 Å². The molecule has 1 saturated heterocycles. The third kappa shape index (κ3) is 3.94. The summed E-state index contributed by atoms with van der Waals surface area (Å²) < 4.78 is 13.5. The van der Waals surface area contributed by atoms with Crippen LogP contribution in [-0.4, -0.2) is 40.3 Å². The van der Waals surface area contributed by atoms with E-state index in [4.69, 9.17) is 0 Å². The van der Waals surface area contributed by atoms with E-state index in [1.165, 1.54) is 12.1 Å². The SMILES string of the molecule is O=C1CCc2cc(C[C@H](O)N3CCC(O)(c4cccc(F)c4)CC3)ccc2N1.